The van der Waals surface area contributed by atoms with Gasteiger partial charge in [-0.3, -0.25) is 4.79 Å². The van der Waals surface area contributed by atoms with Crippen LogP contribution in [0.3, 0.4) is 0 Å². The molecule has 1 aliphatic carbocycles. The van der Waals surface area contributed by atoms with Crippen molar-refractivity contribution >= 4 is 5.91 Å². The number of halogens is 1. The monoisotopic (exact) mass is 341 g/mol. The Hall–Kier alpha value is -2.36. The number of rotatable bonds is 6. The maximum absolute atomic E-state index is 13.0. The Kier molecular flexibility index (Phi) is 5.37. The van der Waals surface area contributed by atoms with Crippen LogP contribution in [0.15, 0.2) is 42.5 Å². The lowest BCUT2D eigenvalue weighted by Gasteiger charge is -2.21. The number of carbonyl (C=O) groups is 1. The van der Waals surface area contributed by atoms with Crippen LogP contribution in [-0.4, -0.2) is 12.0 Å². The van der Waals surface area contributed by atoms with Gasteiger partial charge in [-0.05, 0) is 73.6 Å². The molecule has 3 nitrogen and oxygen atoms in total. The van der Waals surface area contributed by atoms with Gasteiger partial charge in [-0.2, -0.15) is 0 Å². The SMILES string of the molecule is CC[C@@H](Oc1ccc(F)cc1)C(=O)N[C@@H](C)c1ccc2c(c1)CCC2. The molecule has 2 atom stereocenters. The van der Waals surface area contributed by atoms with Crippen molar-refractivity contribution in [2.24, 2.45) is 0 Å². The summed E-state index contributed by atoms with van der Waals surface area (Å²) in [5, 5.41) is 3.03. The smallest absolute Gasteiger partial charge is 0.261 e. The predicted octanol–water partition coefficient (Wildman–Crippen LogP) is 4.35. The predicted molar refractivity (Wildman–Crippen MR) is 96.1 cm³/mol. The quantitative estimate of drug-likeness (QED) is 0.848. The maximum atomic E-state index is 13.0. The molecule has 4 heteroatoms. The third kappa shape index (κ3) is 4.19. The van der Waals surface area contributed by atoms with Crippen LogP contribution in [0.25, 0.3) is 0 Å². The number of carbonyl (C=O) groups excluding carboxylic acids is 1. The van der Waals surface area contributed by atoms with Gasteiger partial charge in [0.1, 0.15) is 11.6 Å². The summed E-state index contributed by atoms with van der Waals surface area (Å²) >= 11 is 0. The number of nitrogens with one attached hydrogen (secondary N) is 1. The largest absolute Gasteiger partial charge is 0.481 e. The number of hydrogen-bond acceptors (Lipinski definition) is 2. The second-order valence-electron chi connectivity index (χ2n) is 6.58. The average molecular weight is 341 g/mol. The van der Waals surface area contributed by atoms with E-state index in [0.29, 0.717) is 12.2 Å². The molecule has 0 heterocycles. The molecule has 3 rings (SSSR count). The van der Waals surface area contributed by atoms with Gasteiger partial charge in [0.15, 0.2) is 6.10 Å². The van der Waals surface area contributed by atoms with Crippen molar-refractivity contribution in [3.63, 3.8) is 0 Å². The fourth-order valence-corrected chi connectivity index (χ4v) is 3.25. The van der Waals surface area contributed by atoms with Gasteiger partial charge in [0.2, 0.25) is 0 Å². The van der Waals surface area contributed by atoms with Crippen LogP contribution >= 0.6 is 0 Å². The highest BCUT2D eigenvalue weighted by atomic mass is 19.1. The van der Waals surface area contributed by atoms with E-state index in [1.807, 2.05) is 13.8 Å². The Morgan fingerprint density at radius 2 is 1.88 bits per heavy atom. The molecule has 0 fully saturated rings. The van der Waals surface area contributed by atoms with E-state index in [0.717, 1.165) is 18.4 Å². The molecule has 0 aromatic heterocycles. The summed E-state index contributed by atoms with van der Waals surface area (Å²) in [5.41, 5.74) is 3.94. The lowest BCUT2D eigenvalue weighted by atomic mass is 10.0. The molecular weight excluding hydrogens is 317 g/mol. The van der Waals surface area contributed by atoms with Crippen LogP contribution in [0, 0.1) is 5.82 Å². The Morgan fingerprint density at radius 3 is 2.60 bits per heavy atom. The summed E-state index contributed by atoms with van der Waals surface area (Å²) in [4.78, 5) is 12.6. The van der Waals surface area contributed by atoms with E-state index in [-0.39, 0.29) is 17.8 Å². The number of hydrogen-bond donors (Lipinski definition) is 1. The molecule has 0 spiro atoms. The van der Waals surface area contributed by atoms with E-state index in [2.05, 4.69) is 23.5 Å². The normalized spacial score (nSPS) is 15.3. The van der Waals surface area contributed by atoms with E-state index in [4.69, 9.17) is 4.74 Å². The van der Waals surface area contributed by atoms with E-state index >= 15 is 0 Å². The minimum Gasteiger partial charge on any atom is -0.481 e. The van der Waals surface area contributed by atoms with E-state index < -0.39 is 6.10 Å². The van der Waals surface area contributed by atoms with E-state index in [1.54, 1.807) is 0 Å². The summed E-state index contributed by atoms with van der Waals surface area (Å²) in [6, 6.07) is 12.1. The van der Waals surface area contributed by atoms with Gasteiger partial charge in [-0.15, -0.1) is 0 Å². The first-order valence-corrected chi connectivity index (χ1v) is 8.91. The molecule has 132 valence electrons. The van der Waals surface area contributed by atoms with Crippen LogP contribution in [0.1, 0.15) is 49.4 Å². The zero-order valence-corrected chi connectivity index (χ0v) is 14.7. The van der Waals surface area contributed by atoms with Crippen molar-refractivity contribution in [2.45, 2.75) is 51.7 Å². The number of benzene rings is 2. The van der Waals surface area contributed by atoms with Crippen molar-refractivity contribution in [2.75, 3.05) is 0 Å². The zero-order chi connectivity index (χ0) is 17.8. The van der Waals surface area contributed by atoms with Crippen LogP contribution < -0.4 is 10.1 Å². The fourth-order valence-electron chi connectivity index (χ4n) is 3.25. The summed E-state index contributed by atoms with van der Waals surface area (Å²) in [7, 11) is 0. The summed E-state index contributed by atoms with van der Waals surface area (Å²) in [6.45, 7) is 3.88. The third-order valence-electron chi connectivity index (χ3n) is 4.74. The van der Waals surface area contributed by atoms with Gasteiger partial charge in [0.25, 0.3) is 5.91 Å². The minimum atomic E-state index is -0.595. The second kappa shape index (κ2) is 7.68. The van der Waals surface area contributed by atoms with Crippen LogP contribution in [0.5, 0.6) is 5.75 Å². The molecule has 2 aromatic carbocycles. The van der Waals surface area contributed by atoms with Gasteiger partial charge >= 0.3 is 0 Å². The molecule has 0 saturated carbocycles. The van der Waals surface area contributed by atoms with Gasteiger partial charge in [-0.1, -0.05) is 25.1 Å². The van der Waals surface area contributed by atoms with Crippen molar-refractivity contribution in [1.82, 2.24) is 5.32 Å². The van der Waals surface area contributed by atoms with Gasteiger partial charge in [-0.25, -0.2) is 4.39 Å². The van der Waals surface area contributed by atoms with Crippen molar-refractivity contribution in [1.29, 1.82) is 0 Å². The Balaban J connectivity index is 1.63. The van der Waals surface area contributed by atoms with E-state index in [1.165, 1.54) is 41.8 Å². The topological polar surface area (TPSA) is 38.3 Å². The summed E-state index contributed by atoms with van der Waals surface area (Å²) in [6.07, 6.45) is 3.43. The first-order valence-electron chi connectivity index (χ1n) is 8.91. The van der Waals surface area contributed by atoms with Crippen LogP contribution in [0.2, 0.25) is 0 Å². The van der Waals surface area contributed by atoms with Gasteiger partial charge in [0.05, 0.1) is 6.04 Å². The van der Waals surface area contributed by atoms with E-state index in [9.17, 15) is 9.18 Å². The van der Waals surface area contributed by atoms with Crippen LogP contribution in [-0.2, 0) is 17.6 Å². The molecule has 2 aromatic rings. The maximum Gasteiger partial charge on any atom is 0.261 e. The Morgan fingerprint density at radius 1 is 1.16 bits per heavy atom. The van der Waals surface area contributed by atoms with Gasteiger partial charge in [0, 0.05) is 0 Å². The molecule has 25 heavy (non-hydrogen) atoms. The molecule has 0 aliphatic heterocycles. The molecule has 0 saturated heterocycles. The number of amides is 1. The molecule has 1 amide bonds. The van der Waals surface area contributed by atoms with Crippen molar-refractivity contribution in [3.8, 4) is 5.75 Å². The molecule has 0 bridgehead atoms. The summed E-state index contributed by atoms with van der Waals surface area (Å²) in [5.74, 6) is 0.0171. The average Bonchev–Trinajstić information content (AvgIpc) is 3.08. The highest BCUT2D eigenvalue weighted by molar-refractivity contribution is 5.81. The van der Waals surface area contributed by atoms with Crippen molar-refractivity contribution < 1.29 is 13.9 Å². The molecule has 0 radical (unpaired) electrons. The first kappa shape index (κ1) is 17.5. The highest BCUT2D eigenvalue weighted by Gasteiger charge is 2.21. The van der Waals surface area contributed by atoms with Crippen molar-refractivity contribution in [3.05, 3.63) is 65.0 Å². The number of aryl methyl sites for hydroxylation is 2. The Labute approximate surface area is 148 Å². The fraction of sp³-hybridized carbons (Fsp3) is 0.381. The summed E-state index contributed by atoms with van der Waals surface area (Å²) < 4.78 is 18.7. The minimum absolute atomic E-state index is 0.0794. The lowest BCUT2D eigenvalue weighted by Crippen LogP contribution is -2.39. The highest BCUT2D eigenvalue weighted by Crippen LogP contribution is 2.25. The second-order valence-corrected chi connectivity index (χ2v) is 6.58. The lowest BCUT2D eigenvalue weighted by molar-refractivity contribution is -0.128. The molecule has 0 unspecified atom stereocenters. The number of fused-ring (bicyclic) bond motifs is 1. The molecule has 1 N–H and O–H groups in total. The molecule has 1 aliphatic rings. The Bertz CT molecular complexity index is 742. The van der Waals surface area contributed by atoms with Gasteiger partial charge < -0.3 is 10.1 Å². The zero-order valence-electron chi connectivity index (χ0n) is 14.7. The van der Waals surface area contributed by atoms with Crippen LogP contribution in [0.4, 0.5) is 4.39 Å². The number of ether oxygens (including phenoxy) is 1. The molecular formula is C21H24FNO2. The first-order chi connectivity index (χ1) is 12.1. The standard InChI is InChI=1S/C21H24FNO2/c1-3-20(25-19-11-9-18(22)10-12-19)21(24)23-14(2)16-8-7-15-5-4-6-17(15)13-16/h7-14,20H,3-6H2,1-2H3,(H,23,24)/t14-,20+/m0/s1. The third-order valence-corrected chi connectivity index (χ3v) is 4.74.